The summed E-state index contributed by atoms with van der Waals surface area (Å²) in [6, 6.07) is 5.54. The molecule has 0 aromatic heterocycles. The smallest absolute Gasteiger partial charge is 0.292 e. The lowest BCUT2D eigenvalue weighted by atomic mass is 9.85. The van der Waals surface area contributed by atoms with Gasteiger partial charge in [0.25, 0.3) is 5.69 Å². The Kier molecular flexibility index (Phi) is 4.68. The first-order valence-electron chi connectivity index (χ1n) is 7.01. The predicted molar refractivity (Wildman–Crippen MR) is 85.6 cm³/mol. The number of nitrogens with zero attached hydrogens (tertiary/aromatic N) is 2. The molecule has 0 unspecified atom stereocenters. The Morgan fingerprint density at radius 3 is 2.75 bits per heavy atom. The normalized spacial score (nSPS) is 18.6. The molecular formula is C15H21BrN2O2. The number of halogens is 1. The van der Waals surface area contributed by atoms with Crippen LogP contribution in [-0.4, -0.2) is 18.0 Å². The highest BCUT2D eigenvalue weighted by Gasteiger charge is 2.26. The summed E-state index contributed by atoms with van der Waals surface area (Å²) in [6.45, 7) is 6.34. The Labute approximate surface area is 128 Å². The summed E-state index contributed by atoms with van der Waals surface area (Å²) in [7, 11) is 0. The lowest BCUT2D eigenvalue weighted by molar-refractivity contribution is -0.384. The van der Waals surface area contributed by atoms with Crippen molar-refractivity contribution in [2.24, 2.45) is 5.41 Å². The minimum atomic E-state index is -0.266. The van der Waals surface area contributed by atoms with E-state index in [4.69, 9.17) is 0 Å². The van der Waals surface area contributed by atoms with Crippen LogP contribution in [0.4, 0.5) is 11.4 Å². The number of rotatable bonds is 3. The maximum absolute atomic E-state index is 11.3. The first kappa shape index (κ1) is 15.3. The van der Waals surface area contributed by atoms with Gasteiger partial charge in [0.2, 0.25) is 0 Å². The van der Waals surface area contributed by atoms with E-state index in [1.165, 1.54) is 6.42 Å². The van der Waals surface area contributed by atoms with Crippen molar-refractivity contribution in [3.63, 3.8) is 0 Å². The molecule has 0 saturated carbocycles. The molecule has 0 radical (unpaired) electrons. The monoisotopic (exact) mass is 340 g/mol. The van der Waals surface area contributed by atoms with Crippen molar-refractivity contribution < 1.29 is 4.92 Å². The number of alkyl halides is 1. The molecule has 2 rings (SSSR count). The minimum absolute atomic E-state index is 0.224. The summed E-state index contributed by atoms with van der Waals surface area (Å²) in [5.74, 6) is 0. The summed E-state index contributed by atoms with van der Waals surface area (Å²) >= 11 is 3.35. The third-order valence-electron chi connectivity index (χ3n) is 4.07. The van der Waals surface area contributed by atoms with Gasteiger partial charge in [-0.3, -0.25) is 10.1 Å². The fourth-order valence-electron chi connectivity index (χ4n) is 2.73. The summed E-state index contributed by atoms with van der Waals surface area (Å²) in [5, 5.41) is 11.9. The molecule has 0 aliphatic carbocycles. The molecule has 0 bridgehead atoms. The first-order valence-corrected chi connectivity index (χ1v) is 8.13. The third kappa shape index (κ3) is 3.51. The van der Waals surface area contributed by atoms with E-state index in [1.54, 1.807) is 6.07 Å². The van der Waals surface area contributed by atoms with Crippen LogP contribution in [0.1, 0.15) is 38.7 Å². The molecule has 5 heteroatoms. The molecule has 110 valence electrons. The van der Waals surface area contributed by atoms with E-state index < -0.39 is 0 Å². The van der Waals surface area contributed by atoms with Crippen molar-refractivity contribution in [2.45, 2.75) is 38.4 Å². The zero-order chi connectivity index (χ0) is 14.8. The lowest BCUT2D eigenvalue weighted by Gasteiger charge is -2.24. The van der Waals surface area contributed by atoms with Crippen molar-refractivity contribution in [1.29, 1.82) is 0 Å². The van der Waals surface area contributed by atoms with Crippen LogP contribution in [0.2, 0.25) is 0 Å². The summed E-state index contributed by atoms with van der Waals surface area (Å²) in [4.78, 5) is 13.2. The van der Waals surface area contributed by atoms with E-state index in [0.29, 0.717) is 10.7 Å². The van der Waals surface area contributed by atoms with Crippen LogP contribution < -0.4 is 4.90 Å². The van der Waals surface area contributed by atoms with E-state index in [1.807, 2.05) is 12.1 Å². The summed E-state index contributed by atoms with van der Waals surface area (Å²) < 4.78 is 0. The van der Waals surface area contributed by atoms with Crippen LogP contribution >= 0.6 is 15.9 Å². The molecule has 1 aliphatic rings. The van der Waals surface area contributed by atoms with Gasteiger partial charge in [-0.05, 0) is 36.3 Å². The van der Waals surface area contributed by atoms with E-state index in [2.05, 4.69) is 34.7 Å². The number of nitro benzene ring substituents is 1. The Morgan fingerprint density at radius 1 is 1.35 bits per heavy atom. The minimum Gasteiger partial charge on any atom is -0.366 e. The van der Waals surface area contributed by atoms with Crippen molar-refractivity contribution in [1.82, 2.24) is 0 Å². The van der Waals surface area contributed by atoms with Crippen molar-refractivity contribution >= 4 is 27.3 Å². The van der Waals surface area contributed by atoms with E-state index in [0.717, 1.165) is 37.2 Å². The Balaban J connectivity index is 2.29. The molecule has 1 aliphatic heterocycles. The average Bonchev–Trinajstić information content (AvgIpc) is 2.59. The second-order valence-corrected chi connectivity index (χ2v) is 6.78. The largest absolute Gasteiger partial charge is 0.366 e. The van der Waals surface area contributed by atoms with Gasteiger partial charge in [-0.2, -0.15) is 0 Å². The van der Waals surface area contributed by atoms with Gasteiger partial charge in [-0.25, -0.2) is 0 Å². The van der Waals surface area contributed by atoms with Crippen molar-refractivity contribution in [2.75, 3.05) is 18.0 Å². The highest BCUT2D eigenvalue weighted by molar-refractivity contribution is 9.08. The molecule has 1 aromatic rings. The molecule has 0 N–H and O–H groups in total. The fraction of sp³-hybridized carbons (Fsp3) is 0.600. The molecule has 1 aromatic carbocycles. The lowest BCUT2D eigenvalue weighted by Crippen LogP contribution is -2.25. The second kappa shape index (κ2) is 6.12. The molecule has 20 heavy (non-hydrogen) atoms. The van der Waals surface area contributed by atoms with Gasteiger partial charge in [0.05, 0.1) is 4.92 Å². The van der Waals surface area contributed by atoms with Gasteiger partial charge in [-0.1, -0.05) is 35.8 Å². The maximum atomic E-state index is 11.3. The molecule has 1 fully saturated rings. The topological polar surface area (TPSA) is 46.4 Å². The van der Waals surface area contributed by atoms with Crippen LogP contribution in [-0.2, 0) is 5.33 Å². The summed E-state index contributed by atoms with van der Waals surface area (Å²) in [5.41, 5.74) is 2.26. The quantitative estimate of drug-likeness (QED) is 0.462. The molecule has 1 heterocycles. The van der Waals surface area contributed by atoms with Crippen LogP contribution in [0.3, 0.4) is 0 Å². The van der Waals surface area contributed by atoms with Gasteiger partial charge in [0.15, 0.2) is 0 Å². The zero-order valence-electron chi connectivity index (χ0n) is 12.1. The number of hydrogen-bond donors (Lipinski definition) is 0. The molecule has 0 spiro atoms. The average molecular weight is 341 g/mol. The van der Waals surface area contributed by atoms with Crippen LogP contribution in [0.5, 0.6) is 0 Å². The molecule has 4 nitrogen and oxygen atoms in total. The van der Waals surface area contributed by atoms with Gasteiger partial charge < -0.3 is 4.90 Å². The third-order valence-corrected chi connectivity index (χ3v) is 4.72. The summed E-state index contributed by atoms with van der Waals surface area (Å²) in [6.07, 6.45) is 3.34. The molecule has 0 atom stereocenters. The van der Waals surface area contributed by atoms with Crippen LogP contribution in [0, 0.1) is 15.5 Å². The number of anilines is 1. The fourth-order valence-corrected chi connectivity index (χ4v) is 3.08. The van der Waals surface area contributed by atoms with Crippen molar-refractivity contribution in [3.05, 3.63) is 33.9 Å². The highest BCUT2D eigenvalue weighted by atomic mass is 79.9. The first-order chi connectivity index (χ1) is 9.43. The highest BCUT2D eigenvalue weighted by Crippen LogP contribution is 2.35. The van der Waals surface area contributed by atoms with Crippen LogP contribution in [0.15, 0.2) is 18.2 Å². The SMILES string of the molecule is CC1(C)CCCN(c2ccc(CBr)cc2[N+](=O)[O-])CC1. The standard InChI is InChI=1S/C15H21BrN2O2/c1-15(2)6-3-8-17(9-7-15)13-5-4-12(11-16)10-14(13)18(19)20/h4-5,10H,3,6-9,11H2,1-2H3. The second-order valence-electron chi connectivity index (χ2n) is 6.22. The van der Waals surface area contributed by atoms with E-state index in [-0.39, 0.29) is 10.6 Å². The number of benzene rings is 1. The van der Waals surface area contributed by atoms with Crippen molar-refractivity contribution in [3.8, 4) is 0 Å². The Morgan fingerprint density at radius 2 is 2.10 bits per heavy atom. The van der Waals surface area contributed by atoms with Crippen LogP contribution in [0.25, 0.3) is 0 Å². The van der Waals surface area contributed by atoms with E-state index in [9.17, 15) is 10.1 Å². The predicted octanol–water partition coefficient (Wildman–Crippen LogP) is 4.51. The Bertz CT molecular complexity index is 503. The number of nitro groups is 1. The van der Waals surface area contributed by atoms with Gasteiger partial charge >= 0.3 is 0 Å². The molecular weight excluding hydrogens is 320 g/mol. The molecule has 0 amide bonds. The maximum Gasteiger partial charge on any atom is 0.292 e. The van der Waals surface area contributed by atoms with Gasteiger partial charge in [0, 0.05) is 24.5 Å². The van der Waals surface area contributed by atoms with Gasteiger partial charge in [0.1, 0.15) is 5.69 Å². The van der Waals surface area contributed by atoms with Gasteiger partial charge in [-0.15, -0.1) is 0 Å². The Hall–Kier alpha value is -1.10. The molecule has 1 saturated heterocycles. The zero-order valence-corrected chi connectivity index (χ0v) is 13.6. The van der Waals surface area contributed by atoms with E-state index >= 15 is 0 Å². The number of hydrogen-bond acceptors (Lipinski definition) is 3.